The van der Waals surface area contributed by atoms with Crippen LogP contribution in [0.2, 0.25) is 0 Å². The fourth-order valence-corrected chi connectivity index (χ4v) is 2.68. The summed E-state index contributed by atoms with van der Waals surface area (Å²) in [6.45, 7) is 2.59. The monoisotopic (exact) mass is 153 g/mol. The van der Waals surface area contributed by atoms with E-state index >= 15 is 0 Å². The predicted molar refractivity (Wildman–Crippen MR) is 47.6 cm³/mol. The molecular weight excluding hydrogens is 134 g/mol. The molecule has 0 spiro atoms. The van der Waals surface area contributed by atoms with Crippen LogP contribution < -0.4 is 5.32 Å². The summed E-state index contributed by atoms with van der Waals surface area (Å²) in [7, 11) is 0. The Morgan fingerprint density at radius 2 is 1.64 bits per heavy atom. The zero-order chi connectivity index (χ0) is 7.52. The van der Waals surface area contributed by atoms with Gasteiger partial charge in [0.25, 0.3) is 0 Å². The van der Waals surface area contributed by atoms with Crippen molar-refractivity contribution in [2.45, 2.75) is 38.5 Å². The molecule has 64 valence electrons. The van der Waals surface area contributed by atoms with Gasteiger partial charge in [-0.15, -0.1) is 0 Å². The molecule has 1 N–H and O–H groups in total. The molecule has 2 aliphatic rings. The second-order valence-corrected chi connectivity index (χ2v) is 4.15. The number of rotatable bonds is 1. The van der Waals surface area contributed by atoms with Gasteiger partial charge < -0.3 is 5.32 Å². The van der Waals surface area contributed by atoms with E-state index in [1.807, 2.05) is 0 Å². The third-order valence-corrected chi connectivity index (χ3v) is 3.41. The maximum Gasteiger partial charge on any atom is -0.00174 e. The lowest BCUT2D eigenvalue weighted by Gasteiger charge is -2.26. The molecule has 1 nitrogen and oxygen atoms in total. The Balaban J connectivity index is 1.82. The lowest BCUT2D eigenvalue weighted by molar-refractivity contribution is 0.263. The normalized spacial score (nSPS) is 34.4. The Hall–Kier alpha value is -0.0400. The molecule has 0 aromatic rings. The van der Waals surface area contributed by atoms with Crippen LogP contribution in [0.3, 0.4) is 0 Å². The number of hydrogen-bond acceptors (Lipinski definition) is 1. The molecule has 2 rings (SSSR count). The maximum atomic E-state index is 3.47. The van der Waals surface area contributed by atoms with Gasteiger partial charge in [-0.1, -0.05) is 32.1 Å². The molecule has 0 unspecified atom stereocenters. The minimum atomic E-state index is 1.04. The first-order chi connectivity index (χ1) is 5.47. The van der Waals surface area contributed by atoms with Gasteiger partial charge in [-0.3, -0.25) is 0 Å². The van der Waals surface area contributed by atoms with E-state index in [-0.39, 0.29) is 0 Å². The lowest BCUT2D eigenvalue weighted by atomic mass is 9.80. The second-order valence-electron chi connectivity index (χ2n) is 4.15. The third kappa shape index (κ3) is 1.76. The van der Waals surface area contributed by atoms with E-state index in [0.717, 1.165) is 11.8 Å². The Morgan fingerprint density at radius 1 is 0.818 bits per heavy atom. The van der Waals surface area contributed by atoms with Crippen molar-refractivity contribution in [3.8, 4) is 0 Å². The Kier molecular flexibility index (Phi) is 2.47. The van der Waals surface area contributed by atoms with Gasteiger partial charge in [0.05, 0.1) is 0 Å². The largest absolute Gasteiger partial charge is 0.316 e. The lowest BCUT2D eigenvalue weighted by Crippen LogP contribution is -2.20. The SMILES string of the molecule is C1CCC([C@@H]2CCNC2)CC1. The van der Waals surface area contributed by atoms with Crippen LogP contribution in [0.1, 0.15) is 38.5 Å². The van der Waals surface area contributed by atoms with Crippen molar-refractivity contribution in [1.82, 2.24) is 5.32 Å². The van der Waals surface area contributed by atoms with Gasteiger partial charge in [-0.25, -0.2) is 0 Å². The fraction of sp³-hybridized carbons (Fsp3) is 1.00. The zero-order valence-electron chi connectivity index (χ0n) is 7.31. The molecule has 0 aromatic carbocycles. The van der Waals surface area contributed by atoms with Gasteiger partial charge in [-0.05, 0) is 31.3 Å². The van der Waals surface area contributed by atoms with E-state index < -0.39 is 0 Å². The average molecular weight is 153 g/mol. The Morgan fingerprint density at radius 3 is 2.27 bits per heavy atom. The van der Waals surface area contributed by atoms with E-state index in [4.69, 9.17) is 0 Å². The van der Waals surface area contributed by atoms with Gasteiger partial charge in [0, 0.05) is 0 Å². The van der Waals surface area contributed by atoms with Gasteiger partial charge >= 0.3 is 0 Å². The van der Waals surface area contributed by atoms with Crippen LogP contribution in [-0.2, 0) is 0 Å². The summed E-state index contributed by atoms with van der Waals surface area (Å²) in [6, 6.07) is 0. The third-order valence-electron chi connectivity index (χ3n) is 3.41. The first-order valence-electron chi connectivity index (χ1n) is 5.17. The molecule has 1 atom stereocenters. The van der Waals surface area contributed by atoms with Crippen molar-refractivity contribution in [3.05, 3.63) is 0 Å². The van der Waals surface area contributed by atoms with Gasteiger partial charge in [0.2, 0.25) is 0 Å². The minimum absolute atomic E-state index is 1.04. The van der Waals surface area contributed by atoms with Crippen LogP contribution in [0.15, 0.2) is 0 Å². The van der Waals surface area contributed by atoms with Crippen LogP contribution >= 0.6 is 0 Å². The molecule has 2 fully saturated rings. The van der Waals surface area contributed by atoms with E-state index in [0.29, 0.717) is 0 Å². The topological polar surface area (TPSA) is 12.0 Å². The number of nitrogens with one attached hydrogen (secondary N) is 1. The summed E-state index contributed by atoms with van der Waals surface area (Å²) < 4.78 is 0. The Bertz CT molecular complexity index is 110. The van der Waals surface area contributed by atoms with Crippen LogP contribution in [-0.4, -0.2) is 13.1 Å². The van der Waals surface area contributed by atoms with Crippen LogP contribution in [0.4, 0.5) is 0 Å². The molecule has 1 aliphatic heterocycles. The first kappa shape index (κ1) is 7.60. The highest BCUT2D eigenvalue weighted by Gasteiger charge is 2.25. The van der Waals surface area contributed by atoms with Gasteiger partial charge in [0.1, 0.15) is 0 Å². The van der Waals surface area contributed by atoms with Crippen molar-refractivity contribution in [2.24, 2.45) is 11.8 Å². The molecule has 0 radical (unpaired) electrons. The highest BCUT2D eigenvalue weighted by Crippen LogP contribution is 2.32. The molecule has 1 heteroatoms. The summed E-state index contributed by atoms with van der Waals surface area (Å²) in [5.41, 5.74) is 0. The van der Waals surface area contributed by atoms with E-state index in [1.165, 1.54) is 51.6 Å². The van der Waals surface area contributed by atoms with E-state index in [2.05, 4.69) is 5.32 Å². The Labute approximate surface area is 69.6 Å². The molecule has 1 heterocycles. The predicted octanol–water partition coefficient (Wildman–Crippen LogP) is 2.18. The second kappa shape index (κ2) is 3.57. The molecule has 1 aliphatic carbocycles. The zero-order valence-corrected chi connectivity index (χ0v) is 7.31. The van der Waals surface area contributed by atoms with Crippen LogP contribution in [0, 0.1) is 11.8 Å². The molecule has 1 saturated carbocycles. The summed E-state index contributed by atoms with van der Waals surface area (Å²) in [5.74, 6) is 2.12. The molecule has 11 heavy (non-hydrogen) atoms. The first-order valence-corrected chi connectivity index (χ1v) is 5.17. The molecule has 0 bridgehead atoms. The number of hydrogen-bond donors (Lipinski definition) is 1. The summed E-state index contributed by atoms with van der Waals surface area (Å²) >= 11 is 0. The van der Waals surface area contributed by atoms with Crippen molar-refractivity contribution < 1.29 is 0 Å². The quantitative estimate of drug-likeness (QED) is 0.609. The fourth-order valence-electron chi connectivity index (χ4n) is 2.68. The highest BCUT2D eigenvalue weighted by molar-refractivity contribution is 4.80. The van der Waals surface area contributed by atoms with Gasteiger partial charge in [0.15, 0.2) is 0 Å². The molecule has 0 aromatic heterocycles. The van der Waals surface area contributed by atoms with Gasteiger partial charge in [-0.2, -0.15) is 0 Å². The minimum Gasteiger partial charge on any atom is -0.316 e. The van der Waals surface area contributed by atoms with Crippen LogP contribution in [0.25, 0.3) is 0 Å². The summed E-state index contributed by atoms with van der Waals surface area (Å²) in [5, 5.41) is 3.47. The highest BCUT2D eigenvalue weighted by atomic mass is 14.9. The standard InChI is InChI=1S/C10H19N/c1-2-4-9(5-3-1)10-6-7-11-8-10/h9-11H,1-8H2/t10-/m1/s1. The van der Waals surface area contributed by atoms with E-state index in [9.17, 15) is 0 Å². The van der Waals surface area contributed by atoms with Crippen LogP contribution in [0.5, 0.6) is 0 Å². The molecule has 1 saturated heterocycles. The average Bonchev–Trinajstić information content (AvgIpc) is 2.58. The smallest absolute Gasteiger partial charge is 0.00174 e. The molecular formula is C10H19N. The van der Waals surface area contributed by atoms with Crippen molar-refractivity contribution in [1.29, 1.82) is 0 Å². The summed E-state index contributed by atoms with van der Waals surface area (Å²) in [4.78, 5) is 0. The van der Waals surface area contributed by atoms with Crippen molar-refractivity contribution in [3.63, 3.8) is 0 Å². The van der Waals surface area contributed by atoms with E-state index in [1.54, 1.807) is 0 Å². The molecule has 0 amide bonds. The van der Waals surface area contributed by atoms with Crippen molar-refractivity contribution in [2.75, 3.05) is 13.1 Å². The maximum absolute atomic E-state index is 3.47. The van der Waals surface area contributed by atoms with Crippen molar-refractivity contribution >= 4 is 0 Å². The summed E-state index contributed by atoms with van der Waals surface area (Å²) in [6.07, 6.45) is 8.99.